The molecule has 0 saturated heterocycles. The van der Waals surface area contributed by atoms with Gasteiger partial charge in [-0.2, -0.15) is 0 Å². The molecule has 0 heterocycles. The largest absolute Gasteiger partial charge is 0.507 e. The van der Waals surface area contributed by atoms with Crippen LogP contribution in [-0.2, 0) is 9.53 Å². The molecule has 2 rings (SSSR count). The maximum Gasteiger partial charge on any atom is 0.342 e. The predicted molar refractivity (Wildman–Crippen MR) is 89.0 cm³/mol. The summed E-state index contributed by atoms with van der Waals surface area (Å²) < 4.78 is 18.4. The minimum absolute atomic E-state index is 0.0382. The zero-order valence-electron chi connectivity index (χ0n) is 12.8. The fourth-order valence-corrected chi connectivity index (χ4v) is 2.36. The van der Waals surface area contributed by atoms with E-state index in [9.17, 15) is 19.1 Å². The van der Waals surface area contributed by atoms with Crippen molar-refractivity contribution in [2.75, 3.05) is 6.61 Å². The number of ether oxygens (including phenoxy) is 1. The minimum Gasteiger partial charge on any atom is -0.507 e. The van der Waals surface area contributed by atoms with Crippen molar-refractivity contribution in [2.24, 2.45) is 0 Å². The zero-order chi connectivity index (χ0) is 17.7. The number of carbonyl (C=O) groups is 2. The smallest absolute Gasteiger partial charge is 0.342 e. The molecule has 2 N–H and O–H groups in total. The molecule has 0 unspecified atom stereocenters. The Labute approximate surface area is 146 Å². The molecule has 0 fully saturated rings. The lowest BCUT2D eigenvalue weighted by atomic mass is 10.1. The highest BCUT2D eigenvalue weighted by Gasteiger charge is 2.16. The molecule has 5 nitrogen and oxygen atoms in total. The van der Waals surface area contributed by atoms with Crippen molar-refractivity contribution in [3.8, 4) is 5.75 Å². The molecule has 0 aliphatic rings. The van der Waals surface area contributed by atoms with Crippen LogP contribution in [0.3, 0.4) is 0 Å². The molecule has 0 radical (unpaired) electrons. The Bertz CT molecular complexity index is 749. The van der Waals surface area contributed by atoms with E-state index in [2.05, 4.69) is 21.2 Å². The number of hydrogen-bond acceptors (Lipinski definition) is 4. The van der Waals surface area contributed by atoms with Crippen molar-refractivity contribution >= 4 is 27.8 Å². The first-order valence-electron chi connectivity index (χ1n) is 7.07. The van der Waals surface area contributed by atoms with Gasteiger partial charge < -0.3 is 15.2 Å². The van der Waals surface area contributed by atoms with E-state index in [0.29, 0.717) is 4.47 Å². The number of phenolic OH excluding ortho intramolecular Hbond substituents is 1. The first kappa shape index (κ1) is 17.9. The normalized spacial score (nSPS) is 11.6. The SMILES string of the molecule is C[C@H](NC(=O)COC(=O)c1cc(Br)ccc1O)c1ccc(F)cc1. The summed E-state index contributed by atoms with van der Waals surface area (Å²) in [5.41, 5.74) is 0.685. The molecule has 0 aliphatic carbocycles. The van der Waals surface area contributed by atoms with Crippen molar-refractivity contribution in [1.82, 2.24) is 5.32 Å². The van der Waals surface area contributed by atoms with Gasteiger partial charge in [-0.05, 0) is 42.8 Å². The number of nitrogens with one attached hydrogen (secondary N) is 1. The number of rotatable bonds is 5. The number of phenols is 1. The van der Waals surface area contributed by atoms with Gasteiger partial charge in [0.25, 0.3) is 5.91 Å². The third kappa shape index (κ3) is 4.79. The molecule has 0 saturated carbocycles. The highest BCUT2D eigenvalue weighted by Crippen LogP contribution is 2.22. The molecule has 0 spiro atoms. The molecular weight excluding hydrogens is 381 g/mol. The van der Waals surface area contributed by atoms with Gasteiger partial charge in [0.05, 0.1) is 6.04 Å². The Balaban J connectivity index is 1.89. The topological polar surface area (TPSA) is 75.6 Å². The number of amides is 1. The van der Waals surface area contributed by atoms with Gasteiger partial charge in [-0.1, -0.05) is 28.1 Å². The quantitative estimate of drug-likeness (QED) is 0.761. The van der Waals surface area contributed by atoms with Crippen LogP contribution in [0.5, 0.6) is 5.75 Å². The first-order valence-corrected chi connectivity index (χ1v) is 7.86. The van der Waals surface area contributed by atoms with Crippen molar-refractivity contribution in [3.63, 3.8) is 0 Å². The number of esters is 1. The molecule has 0 aromatic heterocycles. The van der Waals surface area contributed by atoms with Crippen LogP contribution in [0.2, 0.25) is 0 Å². The van der Waals surface area contributed by atoms with Crippen LogP contribution >= 0.6 is 15.9 Å². The summed E-state index contributed by atoms with van der Waals surface area (Å²) in [4.78, 5) is 23.7. The lowest BCUT2D eigenvalue weighted by Crippen LogP contribution is -2.31. The third-order valence-electron chi connectivity index (χ3n) is 3.26. The monoisotopic (exact) mass is 395 g/mol. The molecule has 2 aromatic rings. The molecule has 1 atom stereocenters. The maximum atomic E-state index is 12.9. The van der Waals surface area contributed by atoms with Gasteiger partial charge >= 0.3 is 5.97 Å². The standard InChI is InChI=1S/C17H15BrFNO4/c1-10(11-2-5-13(19)6-3-11)20-16(22)9-24-17(23)14-8-12(18)4-7-15(14)21/h2-8,10,21H,9H2,1H3,(H,20,22)/t10-/m0/s1. The molecule has 0 bridgehead atoms. The molecule has 2 aromatic carbocycles. The summed E-state index contributed by atoms with van der Waals surface area (Å²) in [7, 11) is 0. The van der Waals surface area contributed by atoms with Crippen molar-refractivity contribution in [3.05, 3.63) is 63.9 Å². The van der Waals surface area contributed by atoms with Crippen LogP contribution in [0.15, 0.2) is 46.9 Å². The van der Waals surface area contributed by atoms with Gasteiger partial charge in [-0.25, -0.2) is 9.18 Å². The second kappa shape index (κ2) is 7.92. The van der Waals surface area contributed by atoms with E-state index >= 15 is 0 Å². The Hall–Kier alpha value is -2.41. The van der Waals surface area contributed by atoms with Crippen LogP contribution in [0, 0.1) is 5.82 Å². The summed E-state index contributed by atoms with van der Waals surface area (Å²) in [5.74, 6) is -1.91. The Morgan fingerprint density at radius 2 is 1.92 bits per heavy atom. The van der Waals surface area contributed by atoms with Crippen LogP contribution in [0.1, 0.15) is 28.9 Å². The summed E-state index contributed by atoms with van der Waals surface area (Å²) in [6.45, 7) is 1.24. The van der Waals surface area contributed by atoms with E-state index in [4.69, 9.17) is 4.74 Å². The fraction of sp³-hybridized carbons (Fsp3) is 0.176. The number of carbonyl (C=O) groups excluding carboxylic acids is 2. The van der Waals surface area contributed by atoms with E-state index in [1.54, 1.807) is 25.1 Å². The van der Waals surface area contributed by atoms with Gasteiger partial charge in [-0.15, -0.1) is 0 Å². The Morgan fingerprint density at radius 1 is 1.25 bits per heavy atom. The average molecular weight is 396 g/mol. The third-order valence-corrected chi connectivity index (χ3v) is 3.75. The predicted octanol–water partition coefficient (Wildman–Crippen LogP) is 3.33. The molecule has 7 heteroatoms. The van der Waals surface area contributed by atoms with Crippen LogP contribution < -0.4 is 5.32 Å². The van der Waals surface area contributed by atoms with E-state index in [1.807, 2.05) is 0 Å². The molecular formula is C17H15BrFNO4. The van der Waals surface area contributed by atoms with Gasteiger partial charge in [0, 0.05) is 4.47 Å². The number of benzene rings is 2. The second-order valence-corrected chi connectivity index (χ2v) is 5.99. The average Bonchev–Trinajstić information content (AvgIpc) is 2.55. The summed E-state index contributed by atoms with van der Waals surface area (Å²) in [5, 5.41) is 12.3. The van der Waals surface area contributed by atoms with Gasteiger partial charge in [0.2, 0.25) is 0 Å². The summed E-state index contributed by atoms with van der Waals surface area (Å²) in [6.07, 6.45) is 0. The van der Waals surface area contributed by atoms with Crippen molar-refractivity contribution in [1.29, 1.82) is 0 Å². The molecule has 24 heavy (non-hydrogen) atoms. The van der Waals surface area contributed by atoms with Crippen molar-refractivity contribution < 1.29 is 23.8 Å². The summed E-state index contributed by atoms with van der Waals surface area (Å²) in [6, 6.07) is 9.67. The van der Waals surface area contributed by atoms with Crippen LogP contribution in [-0.4, -0.2) is 23.6 Å². The number of aromatic hydroxyl groups is 1. The van der Waals surface area contributed by atoms with Crippen molar-refractivity contribution in [2.45, 2.75) is 13.0 Å². The number of halogens is 2. The van der Waals surface area contributed by atoms with Crippen LogP contribution in [0.4, 0.5) is 4.39 Å². The minimum atomic E-state index is -0.807. The van der Waals surface area contributed by atoms with E-state index in [-0.39, 0.29) is 23.2 Å². The number of hydrogen-bond donors (Lipinski definition) is 2. The van der Waals surface area contributed by atoms with Gasteiger partial charge in [0.15, 0.2) is 6.61 Å². The Kier molecular flexibility index (Phi) is 5.92. The molecule has 126 valence electrons. The van der Waals surface area contributed by atoms with Crippen LogP contribution in [0.25, 0.3) is 0 Å². The van der Waals surface area contributed by atoms with E-state index in [0.717, 1.165) is 5.56 Å². The maximum absolute atomic E-state index is 12.9. The zero-order valence-corrected chi connectivity index (χ0v) is 14.3. The lowest BCUT2D eigenvalue weighted by molar-refractivity contribution is -0.124. The Morgan fingerprint density at radius 3 is 2.58 bits per heavy atom. The van der Waals surface area contributed by atoms with Gasteiger partial charge in [0.1, 0.15) is 17.1 Å². The molecule has 0 aliphatic heterocycles. The van der Waals surface area contributed by atoms with E-state index in [1.165, 1.54) is 24.3 Å². The first-order chi connectivity index (χ1) is 11.4. The summed E-state index contributed by atoms with van der Waals surface area (Å²) >= 11 is 3.18. The van der Waals surface area contributed by atoms with E-state index < -0.39 is 18.5 Å². The molecule has 1 amide bonds. The highest BCUT2D eigenvalue weighted by molar-refractivity contribution is 9.10. The fourth-order valence-electron chi connectivity index (χ4n) is 2.00. The van der Waals surface area contributed by atoms with Gasteiger partial charge in [-0.3, -0.25) is 4.79 Å². The highest BCUT2D eigenvalue weighted by atomic mass is 79.9. The lowest BCUT2D eigenvalue weighted by Gasteiger charge is -2.14. The second-order valence-electron chi connectivity index (χ2n) is 5.08.